The van der Waals surface area contributed by atoms with Gasteiger partial charge in [-0.3, -0.25) is 0 Å². The number of H-pyrrole nitrogens is 1. The van der Waals surface area contributed by atoms with Crippen molar-refractivity contribution in [2.75, 3.05) is 0 Å². The van der Waals surface area contributed by atoms with Gasteiger partial charge in [0.1, 0.15) is 0 Å². The van der Waals surface area contributed by atoms with Gasteiger partial charge in [0, 0.05) is 45.1 Å². The van der Waals surface area contributed by atoms with Gasteiger partial charge in [0.25, 0.3) is 0 Å². The molecular weight excluding hydrogens is 340 g/mol. The van der Waals surface area contributed by atoms with E-state index in [4.69, 9.17) is 0 Å². The van der Waals surface area contributed by atoms with E-state index in [-0.39, 0.29) is 0 Å². The highest BCUT2D eigenvalue weighted by molar-refractivity contribution is 6.09. The molecule has 2 heteroatoms. The van der Waals surface area contributed by atoms with Crippen LogP contribution in [0.15, 0.2) is 84.9 Å². The van der Waals surface area contributed by atoms with E-state index in [1.807, 2.05) is 0 Å². The first kappa shape index (κ1) is 15.5. The first-order valence-electron chi connectivity index (χ1n) is 9.74. The number of fused-ring (bicyclic) bond motifs is 6. The lowest BCUT2D eigenvalue weighted by atomic mass is 10.0. The van der Waals surface area contributed by atoms with Crippen molar-refractivity contribution < 1.29 is 0 Å². The zero-order valence-corrected chi connectivity index (χ0v) is 15.7. The van der Waals surface area contributed by atoms with Gasteiger partial charge in [-0.25, -0.2) is 0 Å². The average Bonchev–Trinajstić information content (AvgIpc) is 3.24. The Balaban J connectivity index is 1.52. The van der Waals surface area contributed by atoms with Gasteiger partial charge in [-0.05, 0) is 35.7 Å². The topological polar surface area (TPSA) is 20.7 Å². The highest BCUT2D eigenvalue weighted by Gasteiger charge is 2.12. The molecule has 0 fully saturated rings. The molecule has 28 heavy (non-hydrogen) atoms. The minimum absolute atomic E-state index is 0.923. The van der Waals surface area contributed by atoms with Crippen molar-refractivity contribution in [2.45, 2.75) is 6.42 Å². The third-order valence-corrected chi connectivity index (χ3v) is 5.98. The second-order valence-corrected chi connectivity index (χ2v) is 7.62. The Bertz CT molecular complexity index is 1500. The fourth-order valence-corrected chi connectivity index (χ4v) is 4.69. The van der Waals surface area contributed by atoms with E-state index in [1.165, 1.54) is 54.7 Å². The van der Waals surface area contributed by atoms with Gasteiger partial charge >= 0.3 is 0 Å². The van der Waals surface area contributed by atoms with Crippen molar-refractivity contribution in [1.82, 2.24) is 9.55 Å². The highest BCUT2D eigenvalue weighted by Crippen LogP contribution is 2.32. The molecule has 0 aliphatic rings. The Hall–Kier alpha value is -3.52. The van der Waals surface area contributed by atoms with E-state index in [2.05, 4.69) is 102 Å². The lowest BCUT2D eigenvalue weighted by Gasteiger charge is -2.07. The minimum Gasteiger partial charge on any atom is -0.355 e. The summed E-state index contributed by atoms with van der Waals surface area (Å²) in [6, 6.07) is 30.7. The quantitative estimate of drug-likeness (QED) is 0.361. The maximum Gasteiger partial charge on any atom is 0.0524 e. The van der Waals surface area contributed by atoms with E-state index >= 15 is 0 Å². The molecule has 0 spiro atoms. The summed E-state index contributed by atoms with van der Waals surface area (Å²) in [6.45, 7) is 0. The van der Waals surface area contributed by atoms with Crippen molar-refractivity contribution >= 4 is 43.6 Å². The Morgan fingerprint density at radius 3 is 2.36 bits per heavy atom. The summed E-state index contributed by atoms with van der Waals surface area (Å²) in [5, 5.41) is 5.25. The van der Waals surface area contributed by atoms with Crippen molar-refractivity contribution in [3.63, 3.8) is 0 Å². The monoisotopic (exact) mass is 360 g/mol. The number of aromatic amines is 1. The van der Waals surface area contributed by atoms with Crippen LogP contribution in [0.2, 0.25) is 0 Å². The molecule has 0 bridgehead atoms. The first-order chi connectivity index (χ1) is 13.8. The SMILES string of the molecule is Cn1c2ccccc2c2cccc(Cc3ccc4c(c3)[nH]c3ccccc34)c21. The fraction of sp³-hybridized carbons (Fsp3) is 0.0769. The van der Waals surface area contributed by atoms with E-state index in [1.54, 1.807) is 0 Å². The van der Waals surface area contributed by atoms with Gasteiger partial charge in [-0.15, -0.1) is 0 Å². The normalized spacial score (nSPS) is 11.9. The molecule has 0 radical (unpaired) electrons. The van der Waals surface area contributed by atoms with Gasteiger partial charge in [0.05, 0.1) is 5.52 Å². The molecule has 0 aliphatic carbocycles. The number of hydrogen-bond donors (Lipinski definition) is 1. The second kappa shape index (κ2) is 5.74. The molecule has 2 heterocycles. The molecule has 0 atom stereocenters. The maximum atomic E-state index is 3.57. The Labute approximate surface area is 163 Å². The van der Waals surface area contributed by atoms with Crippen LogP contribution in [0, 0.1) is 0 Å². The number of para-hydroxylation sites is 3. The lowest BCUT2D eigenvalue weighted by Crippen LogP contribution is -1.94. The van der Waals surface area contributed by atoms with E-state index < -0.39 is 0 Å². The van der Waals surface area contributed by atoms with Crippen molar-refractivity contribution in [1.29, 1.82) is 0 Å². The summed E-state index contributed by atoms with van der Waals surface area (Å²) in [4.78, 5) is 3.57. The van der Waals surface area contributed by atoms with Crippen LogP contribution in [0.1, 0.15) is 11.1 Å². The Kier molecular flexibility index (Phi) is 3.18. The molecule has 6 aromatic rings. The maximum absolute atomic E-state index is 3.57. The van der Waals surface area contributed by atoms with Crippen LogP contribution in [0.5, 0.6) is 0 Å². The molecule has 2 aromatic heterocycles. The predicted molar refractivity (Wildman–Crippen MR) is 119 cm³/mol. The van der Waals surface area contributed by atoms with Gasteiger partial charge in [-0.2, -0.15) is 0 Å². The molecule has 0 amide bonds. The standard InChI is InChI=1S/C26H20N2/c1-28-25-12-5-3-9-21(25)22-10-6-7-18(26(22)28)15-17-13-14-20-19-8-2-4-11-23(19)27-24(20)16-17/h2-14,16,27H,15H2,1H3. The third-order valence-electron chi connectivity index (χ3n) is 5.98. The van der Waals surface area contributed by atoms with Crippen molar-refractivity contribution in [2.24, 2.45) is 7.05 Å². The molecule has 1 N–H and O–H groups in total. The summed E-state index contributed by atoms with van der Waals surface area (Å²) in [7, 11) is 2.18. The van der Waals surface area contributed by atoms with Crippen LogP contribution < -0.4 is 0 Å². The third kappa shape index (κ3) is 2.15. The van der Waals surface area contributed by atoms with Gasteiger partial charge in [0.15, 0.2) is 0 Å². The molecule has 0 unspecified atom stereocenters. The molecule has 0 aliphatic heterocycles. The van der Waals surface area contributed by atoms with Crippen LogP contribution in [-0.4, -0.2) is 9.55 Å². The van der Waals surface area contributed by atoms with Crippen LogP contribution >= 0.6 is 0 Å². The molecule has 6 rings (SSSR count). The number of rotatable bonds is 2. The van der Waals surface area contributed by atoms with Crippen LogP contribution in [0.3, 0.4) is 0 Å². The molecule has 0 saturated carbocycles. The zero-order chi connectivity index (χ0) is 18.7. The average molecular weight is 360 g/mol. The van der Waals surface area contributed by atoms with Crippen LogP contribution in [0.4, 0.5) is 0 Å². The largest absolute Gasteiger partial charge is 0.355 e. The van der Waals surface area contributed by atoms with Crippen LogP contribution in [0.25, 0.3) is 43.6 Å². The zero-order valence-electron chi connectivity index (χ0n) is 15.7. The van der Waals surface area contributed by atoms with Gasteiger partial charge in [0.2, 0.25) is 0 Å². The number of aryl methyl sites for hydroxylation is 1. The molecule has 134 valence electrons. The van der Waals surface area contributed by atoms with Gasteiger partial charge < -0.3 is 9.55 Å². The van der Waals surface area contributed by atoms with Crippen molar-refractivity contribution in [3.8, 4) is 0 Å². The summed E-state index contributed by atoms with van der Waals surface area (Å²) in [6.07, 6.45) is 0.923. The number of nitrogens with one attached hydrogen (secondary N) is 1. The van der Waals surface area contributed by atoms with E-state index in [0.29, 0.717) is 0 Å². The number of aromatic nitrogens is 2. The minimum atomic E-state index is 0.923. The number of hydrogen-bond acceptors (Lipinski definition) is 0. The number of benzene rings is 4. The molecule has 4 aromatic carbocycles. The molecular formula is C26H20N2. The van der Waals surface area contributed by atoms with Crippen LogP contribution in [-0.2, 0) is 13.5 Å². The summed E-state index contributed by atoms with van der Waals surface area (Å²) in [5.74, 6) is 0. The fourth-order valence-electron chi connectivity index (χ4n) is 4.69. The predicted octanol–water partition coefficient (Wildman–Crippen LogP) is 6.56. The second-order valence-electron chi connectivity index (χ2n) is 7.62. The molecule has 2 nitrogen and oxygen atoms in total. The summed E-state index contributed by atoms with van der Waals surface area (Å²) >= 11 is 0. The summed E-state index contributed by atoms with van der Waals surface area (Å²) < 4.78 is 2.33. The summed E-state index contributed by atoms with van der Waals surface area (Å²) in [5.41, 5.74) is 7.73. The number of nitrogens with zero attached hydrogens (tertiary/aromatic N) is 1. The van der Waals surface area contributed by atoms with Gasteiger partial charge in [-0.1, -0.05) is 66.7 Å². The highest BCUT2D eigenvalue weighted by atomic mass is 14.9. The Morgan fingerprint density at radius 1 is 0.679 bits per heavy atom. The molecule has 0 saturated heterocycles. The lowest BCUT2D eigenvalue weighted by molar-refractivity contribution is 1.00. The van der Waals surface area contributed by atoms with E-state index in [0.717, 1.165) is 6.42 Å². The smallest absolute Gasteiger partial charge is 0.0524 e. The van der Waals surface area contributed by atoms with Crippen molar-refractivity contribution in [3.05, 3.63) is 96.1 Å². The Morgan fingerprint density at radius 2 is 1.43 bits per heavy atom. The van der Waals surface area contributed by atoms with E-state index in [9.17, 15) is 0 Å². The first-order valence-corrected chi connectivity index (χ1v) is 9.74.